The molecule has 5 rings (SSSR count). The predicted molar refractivity (Wildman–Crippen MR) is 132 cm³/mol. The predicted octanol–water partition coefficient (Wildman–Crippen LogP) is 5.10. The van der Waals surface area contributed by atoms with Gasteiger partial charge in [-0.05, 0) is 75.7 Å². The Labute approximate surface area is 197 Å². The molecule has 1 saturated carbocycles. The Hall–Kier alpha value is -2.22. The number of carbonyl (C=O) groups excluding carboxylic acids is 1. The van der Waals surface area contributed by atoms with Gasteiger partial charge in [0.25, 0.3) is 5.91 Å². The number of thiophene rings is 1. The fourth-order valence-corrected chi connectivity index (χ4v) is 5.59. The maximum atomic E-state index is 12.7. The average Bonchev–Trinajstić information content (AvgIpc) is 3.52. The summed E-state index contributed by atoms with van der Waals surface area (Å²) in [5.41, 5.74) is 1.41. The van der Waals surface area contributed by atoms with Crippen molar-refractivity contribution in [3.05, 3.63) is 41.0 Å². The van der Waals surface area contributed by atoms with E-state index >= 15 is 0 Å². The lowest BCUT2D eigenvalue weighted by atomic mass is 9.95. The van der Waals surface area contributed by atoms with E-state index in [0.29, 0.717) is 28.3 Å². The molecule has 6 nitrogen and oxygen atoms in total. The Morgan fingerprint density at radius 3 is 3.00 bits per heavy atom. The summed E-state index contributed by atoms with van der Waals surface area (Å²) in [6.45, 7) is 3.13. The van der Waals surface area contributed by atoms with Gasteiger partial charge in [0, 0.05) is 28.2 Å². The number of hydrogen-bond acceptors (Lipinski definition) is 6. The Morgan fingerprint density at radius 1 is 1.28 bits per heavy atom. The van der Waals surface area contributed by atoms with Gasteiger partial charge in [0.05, 0.1) is 16.1 Å². The highest BCUT2D eigenvalue weighted by molar-refractivity contribution is 7.22. The maximum Gasteiger partial charge on any atom is 0.252 e. The summed E-state index contributed by atoms with van der Waals surface area (Å²) in [5, 5.41) is 11.4. The Bertz CT molecular complexity index is 1110. The summed E-state index contributed by atoms with van der Waals surface area (Å²) >= 11 is 8.07. The van der Waals surface area contributed by atoms with Crippen LogP contribution in [0.5, 0.6) is 0 Å². The minimum absolute atomic E-state index is 0.00763. The molecule has 1 aliphatic heterocycles. The third-order valence-corrected chi connectivity index (χ3v) is 7.55. The Kier molecular flexibility index (Phi) is 6.57. The Morgan fingerprint density at radius 2 is 2.19 bits per heavy atom. The number of carbonyl (C=O) groups is 1. The molecule has 2 fully saturated rings. The average molecular weight is 470 g/mol. The number of hydrogen-bond donors (Lipinski definition) is 3. The summed E-state index contributed by atoms with van der Waals surface area (Å²) in [4.78, 5) is 22.7. The SMILES string of the molecule is O=C(NC1CC1)c1cccc2sc(-c3nc(NCCCC4CCCNC4)ncc3Cl)cc12. The van der Waals surface area contributed by atoms with E-state index in [1.54, 1.807) is 17.5 Å². The van der Waals surface area contributed by atoms with Crippen molar-refractivity contribution in [2.24, 2.45) is 5.92 Å². The monoisotopic (exact) mass is 469 g/mol. The lowest BCUT2D eigenvalue weighted by Gasteiger charge is -2.22. The second-order valence-electron chi connectivity index (χ2n) is 8.75. The number of fused-ring (bicyclic) bond motifs is 1. The second-order valence-corrected chi connectivity index (χ2v) is 10.2. The zero-order valence-electron chi connectivity index (χ0n) is 18.0. The van der Waals surface area contributed by atoms with Crippen LogP contribution in [-0.2, 0) is 0 Å². The first kappa shape index (κ1) is 21.6. The van der Waals surface area contributed by atoms with Crippen molar-refractivity contribution in [3.63, 3.8) is 0 Å². The molecular formula is C24H28ClN5OS. The van der Waals surface area contributed by atoms with Crippen LogP contribution in [0.1, 0.15) is 48.9 Å². The molecular weight excluding hydrogens is 442 g/mol. The van der Waals surface area contributed by atoms with Crippen LogP contribution in [-0.4, -0.2) is 41.6 Å². The van der Waals surface area contributed by atoms with Gasteiger partial charge in [-0.15, -0.1) is 11.3 Å². The van der Waals surface area contributed by atoms with Crippen molar-refractivity contribution in [1.29, 1.82) is 0 Å². The molecule has 1 saturated heterocycles. The number of nitrogens with zero attached hydrogens (tertiary/aromatic N) is 2. The van der Waals surface area contributed by atoms with Gasteiger partial charge in [-0.3, -0.25) is 4.79 Å². The normalized spacial score (nSPS) is 18.6. The molecule has 1 unspecified atom stereocenters. The summed E-state index contributed by atoms with van der Waals surface area (Å²) in [5.74, 6) is 1.36. The van der Waals surface area contributed by atoms with E-state index in [1.165, 1.54) is 19.3 Å². The minimum atomic E-state index is -0.00763. The Balaban J connectivity index is 1.30. The number of halogens is 1. The molecule has 0 radical (unpaired) electrons. The van der Waals surface area contributed by atoms with Crippen LogP contribution in [0, 0.1) is 5.92 Å². The van der Waals surface area contributed by atoms with Crippen LogP contribution in [0.25, 0.3) is 20.7 Å². The number of benzene rings is 1. The number of piperidine rings is 1. The van der Waals surface area contributed by atoms with Crippen LogP contribution in [0.4, 0.5) is 5.95 Å². The molecule has 1 amide bonds. The number of rotatable bonds is 8. The summed E-state index contributed by atoms with van der Waals surface area (Å²) in [6.07, 6.45) is 8.70. The van der Waals surface area contributed by atoms with Crippen LogP contribution >= 0.6 is 22.9 Å². The van der Waals surface area contributed by atoms with E-state index in [2.05, 4.69) is 20.9 Å². The molecule has 2 aromatic heterocycles. The first-order chi connectivity index (χ1) is 15.7. The van der Waals surface area contributed by atoms with Crippen molar-refractivity contribution < 1.29 is 4.79 Å². The largest absolute Gasteiger partial charge is 0.354 e. The van der Waals surface area contributed by atoms with Gasteiger partial charge in [0.15, 0.2) is 0 Å². The molecule has 0 bridgehead atoms. The zero-order chi connectivity index (χ0) is 21.9. The van der Waals surface area contributed by atoms with Gasteiger partial charge in [-0.1, -0.05) is 17.7 Å². The lowest BCUT2D eigenvalue weighted by Crippen LogP contribution is -2.29. The van der Waals surface area contributed by atoms with Crippen molar-refractivity contribution >= 4 is 44.9 Å². The number of nitrogens with one attached hydrogen (secondary N) is 3. The van der Waals surface area contributed by atoms with E-state index < -0.39 is 0 Å². The van der Waals surface area contributed by atoms with Crippen molar-refractivity contribution in [1.82, 2.24) is 20.6 Å². The van der Waals surface area contributed by atoms with Gasteiger partial charge in [0.1, 0.15) is 5.69 Å². The second kappa shape index (κ2) is 9.73. The molecule has 1 atom stereocenters. The highest BCUT2D eigenvalue weighted by Crippen LogP contribution is 2.37. The molecule has 1 aromatic carbocycles. The summed E-state index contributed by atoms with van der Waals surface area (Å²) in [7, 11) is 0. The number of amides is 1. The van der Waals surface area contributed by atoms with Crippen LogP contribution in [0.2, 0.25) is 5.02 Å². The summed E-state index contributed by atoms with van der Waals surface area (Å²) < 4.78 is 1.05. The van der Waals surface area contributed by atoms with E-state index in [-0.39, 0.29) is 5.91 Å². The van der Waals surface area contributed by atoms with E-state index in [1.807, 2.05) is 24.3 Å². The quantitative estimate of drug-likeness (QED) is 0.400. The van der Waals surface area contributed by atoms with Crippen LogP contribution in [0.3, 0.4) is 0 Å². The summed E-state index contributed by atoms with van der Waals surface area (Å²) in [6, 6.07) is 8.20. The molecule has 3 heterocycles. The standard InChI is InChI=1S/C24H28ClN5OS/c25-19-14-28-24(27-11-3-5-15-4-2-10-26-13-15)30-22(19)21-12-18-17(6-1-7-20(18)32-21)23(31)29-16-8-9-16/h1,6-7,12,14-16,26H,2-5,8-11,13H2,(H,29,31)(H,27,28,30). The van der Waals surface area contributed by atoms with Gasteiger partial charge >= 0.3 is 0 Å². The van der Waals surface area contributed by atoms with E-state index in [9.17, 15) is 4.79 Å². The van der Waals surface area contributed by atoms with Crippen molar-refractivity contribution in [3.8, 4) is 10.6 Å². The number of anilines is 1. The van der Waals surface area contributed by atoms with Gasteiger partial charge in [-0.25, -0.2) is 9.97 Å². The topological polar surface area (TPSA) is 78.9 Å². The van der Waals surface area contributed by atoms with Crippen LogP contribution < -0.4 is 16.0 Å². The third-order valence-electron chi connectivity index (χ3n) is 6.17. The smallest absolute Gasteiger partial charge is 0.252 e. The third kappa shape index (κ3) is 5.05. The van der Waals surface area contributed by atoms with Gasteiger partial charge < -0.3 is 16.0 Å². The molecule has 2 aliphatic rings. The van der Waals surface area contributed by atoms with Gasteiger partial charge in [0.2, 0.25) is 5.95 Å². The van der Waals surface area contributed by atoms with Crippen molar-refractivity contribution in [2.45, 2.75) is 44.6 Å². The first-order valence-corrected chi connectivity index (χ1v) is 12.7. The fraction of sp³-hybridized carbons (Fsp3) is 0.458. The number of aromatic nitrogens is 2. The fourth-order valence-electron chi connectivity index (χ4n) is 4.25. The molecule has 168 valence electrons. The maximum absolute atomic E-state index is 12.7. The first-order valence-electron chi connectivity index (χ1n) is 11.5. The molecule has 8 heteroatoms. The van der Waals surface area contributed by atoms with Gasteiger partial charge in [-0.2, -0.15) is 0 Å². The molecule has 0 spiro atoms. The minimum Gasteiger partial charge on any atom is -0.354 e. The van der Waals surface area contributed by atoms with Crippen molar-refractivity contribution in [2.75, 3.05) is 25.0 Å². The van der Waals surface area contributed by atoms with Crippen LogP contribution in [0.15, 0.2) is 30.5 Å². The zero-order valence-corrected chi connectivity index (χ0v) is 19.6. The highest BCUT2D eigenvalue weighted by atomic mass is 35.5. The van der Waals surface area contributed by atoms with E-state index in [0.717, 1.165) is 59.8 Å². The molecule has 1 aliphatic carbocycles. The lowest BCUT2D eigenvalue weighted by molar-refractivity contribution is 0.0953. The van der Waals surface area contributed by atoms with E-state index in [4.69, 9.17) is 16.6 Å². The highest BCUT2D eigenvalue weighted by Gasteiger charge is 2.25. The molecule has 32 heavy (non-hydrogen) atoms. The molecule has 3 N–H and O–H groups in total. The molecule has 3 aromatic rings.